The molecule has 23 heavy (non-hydrogen) atoms. The Morgan fingerprint density at radius 3 is 1.96 bits per heavy atom. The van der Waals surface area contributed by atoms with Gasteiger partial charge in [0.2, 0.25) is 0 Å². The minimum atomic E-state index is -1.27. The number of carbonyl (C=O) groups excluding carboxylic acids is 2. The summed E-state index contributed by atoms with van der Waals surface area (Å²) in [5.74, 6) is -3.52. The van der Waals surface area contributed by atoms with Crippen LogP contribution in [0.4, 0.5) is 0 Å². The van der Waals surface area contributed by atoms with Crippen molar-refractivity contribution in [1.82, 2.24) is 5.06 Å². The van der Waals surface area contributed by atoms with E-state index < -0.39 is 35.1 Å². The lowest BCUT2D eigenvalue weighted by Crippen LogP contribution is -2.52. The number of esters is 1. The Morgan fingerprint density at radius 1 is 1.09 bits per heavy atom. The molecule has 0 aliphatic rings. The molecule has 0 radical (unpaired) electrons. The Balaban J connectivity index is 5.44. The van der Waals surface area contributed by atoms with E-state index in [0.29, 0.717) is 16.8 Å². The van der Waals surface area contributed by atoms with Crippen LogP contribution in [0.1, 0.15) is 54.4 Å². The maximum atomic E-state index is 12.4. The molecular formula is C15H26BrNO6. The second-order valence-electron chi connectivity index (χ2n) is 7.02. The first kappa shape index (κ1) is 21.9. The van der Waals surface area contributed by atoms with Crippen molar-refractivity contribution in [3.63, 3.8) is 0 Å². The van der Waals surface area contributed by atoms with E-state index in [-0.39, 0.29) is 6.42 Å². The van der Waals surface area contributed by atoms with Gasteiger partial charge in [0, 0.05) is 5.33 Å². The smallest absolute Gasteiger partial charge is 0.399 e. The van der Waals surface area contributed by atoms with Crippen molar-refractivity contribution < 1.29 is 29.1 Å². The number of hydroxylamine groups is 2. The first-order chi connectivity index (χ1) is 10.3. The number of hydrogen-bond acceptors (Lipinski definition) is 5. The fraction of sp³-hybridized carbons (Fsp3) is 0.800. The van der Waals surface area contributed by atoms with E-state index in [1.54, 1.807) is 41.5 Å². The summed E-state index contributed by atoms with van der Waals surface area (Å²) in [6, 6.07) is -1.27. The molecule has 0 bridgehead atoms. The van der Waals surface area contributed by atoms with Crippen molar-refractivity contribution in [2.45, 2.75) is 71.6 Å². The third-order valence-electron chi connectivity index (χ3n) is 2.33. The molecule has 1 atom stereocenters. The Morgan fingerprint density at radius 2 is 1.61 bits per heavy atom. The number of halogens is 1. The Kier molecular flexibility index (Phi) is 8.20. The van der Waals surface area contributed by atoms with Gasteiger partial charge in [0.25, 0.3) is 0 Å². The monoisotopic (exact) mass is 395 g/mol. The summed E-state index contributed by atoms with van der Waals surface area (Å²) < 4.78 is 5.02. The normalized spacial score (nSPS) is 13.3. The van der Waals surface area contributed by atoms with Crippen LogP contribution in [-0.2, 0) is 24.0 Å². The zero-order chi connectivity index (χ0) is 18.4. The van der Waals surface area contributed by atoms with Crippen molar-refractivity contribution in [1.29, 1.82) is 0 Å². The molecule has 1 unspecified atom stereocenters. The van der Waals surface area contributed by atoms with Crippen molar-refractivity contribution >= 4 is 33.8 Å². The number of hydrogen-bond donors (Lipinski definition) is 1. The van der Waals surface area contributed by atoms with Gasteiger partial charge in [0.05, 0.1) is 5.60 Å². The standard InChI is InChI=1S/C15H26BrNO6/c1-14(2,3)22-13(21)11(18)17(23-15(4,5)6)10(12(19)20)8-7-9-16/h10H,7-9H2,1-6H3,(H,19,20). The van der Waals surface area contributed by atoms with E-state index in [9.17, 15) is 19.5 Å². The highest BCUT2D eigenvalue weighted by molar-refractivity contribution is 9.09. The van der Waals surface area contributed by atoms with E-state index in [4.69, 9.17) is 9.57 Å². The van der Waals surface area contributed by atoms with E-state index >= 15 is 0 Å². The molecule has 0 aromatic carbocycles. The molecule has 0 aliphatic carbocycles. The van der Waals surface area contributed by atoms with Gasteiger partial charge in [-0.1, -0.05) is 15.9 Å². The van der Waals surface area contributed by atoms with Crippen LogP contribution in [0.15, 0.2) is 0 Å². The molecule has 0 spiro atoms. The average molecular weight is 396 g/mol. The molecule has 0 aliphatic heterocycles. The fourth-order valence-electron chi connectivity index (χ4n) is 1.56. The van der Waals surface area contributed by atoms with E-state index in [2.05, 4.69) is 15.9 Å². The SMILES string of the molecule is CC(C)(C)OC(=O)C(=O)N(OC(C)(C)C)C(CCCBr)C(=O)O. The molecule has 0 aromatic rings. The molecule has 1 N–H and O–H groups in total. The minimum absolute atomic E-state index is 0.144. The molecule has 0 saturated heterocycles. The molecular weight excluding hydrogens is 370 g/mol. The average Bonchev–Trinajstić information content (AvgIpc) is 2.33. The zero-order valence-corrected chi connectivity index (χ0v) is 16.1. The van der Waals surface area contributed by atoms with Gasteiger partial charge in [-0.2, -0.15) is 5.06 Å². The molecule has 1 amide bonds. The minimum Gasteiger partial charge on any atom is -0.480 e. The van der Waals surface area contributed by atoms with Gasteiger partial charge < -0.3 is 9.84 Å². The van der Waals surface area contributed by atoms with E-state index in [0.717, 1.165) is 0 Å². The summed E-state index contributed by atoms with van der Waals surface area (Å²) in [5.41, 5.74) is -1.71. The number of carboxylic acids is 1. The number of nitrogens with zero attached hydrogens (tertiary/aromatic N) is 1. The second kappa shape index (κ2) is 8.63. The van der Waals surface area contributed by atoms with Crippen LogP contribution in [-0.4, -0.2) is 50.6 Å². The highest BCUT2D eigenvalue weighted by Crippen LogP contribution is 2.19. The quantitative estimate of drug-likeness (QED) is 0.321. The highest BCUT2D eigenvalue weighted by Gasteiger charge is 2.38. The topological polar surface area (TPSA) is 93.1 Å². The summed E-state index contributed by atoms with van der Waals surface area (Å²) in [4.78, 5) is 41.3. The van der Waals surface area contributed by atoms with Gasteiger partial charge in [-0.05, 0) is 54.4 Å². The molecule has 0 heterocycles. The van der Waals surface area contributed by atoms with Gasteiger partial charge in [-0.3, -0.25) is 9.63 Å². The van der Waals surface area contributed by atoms with Crippen molar-refractivity contribution in [3.05, 3.63) is 0 Å². The lowest BCUT2D eigenvalue weighted by molar-refractivity contribution is -0.246. The lowest BCUT2D eigenvalue weighted by Gasteiger charge is -2.33. The van der Waals surface area contributed by atoms with Gasteiger partial charge in [-0.15, -0.1) is 0 Å². The number of alkyl halides is 1. The largest absolute Gasteiger partial charge is 0.480 e. The molecule has 0 saturated carbocycles. The number of amides is 1. The summed E-state index contributed by atoms with van der Waals surface area (Å²) in [7, 11) is 0. The number of aliphatic carboxylic acids is 1. The van der Waals surface area contributed by atoms with E-state index in [1.165, 1.54) is 0 Å². The Bertz CT molecular complexity index is 438. The van der Waals surface area contributed by atoms with Crippen LogP contribution in [0.5, 0.6) is 0 Å². The van der Waals surface area contributed by atoms with Crippen molar-refractivity contribution in [3.8, 4) is 0 Å². The van der Waals surface area contributed by atoms with Crippen LogP contribution in [0.3, 0.4) is 0 Å². The third kappa shape index (κ3) is 8.90. The summed E-state index contributed by atoms with van der Waals surface area (Å²) in [6.07, 6.45) is 0.647. The van der Waals surface area contributed by atoms with Gasteiger partial charge >= 0.3 is 17.8 Å². The van der Waals surface area contributed by atoms with Gasteiger partial charge in [-0.25, -0.2) is 9.59 Å². The third-order valence-corrected chi connectivity index (χ3v) is 2.89. The second-order valence-corrected chi connectivity index (χ2v) is 7.81. The van der Waals surface area contributed by atoms with Gasteiger partial charge in [0.1, 0.15) is 5.60 Å². The molecule has 134 valence electrons. The number of carboxylic acid groups (broad SMARTS) is 1. The summed E-state index contributed by atoms with van der Waals surface area (Å²) in [5, 5.41) is 10.6. The molecule has 7 nitrogen and oxygen atoms in total. The maximum absolute atomic E-state index is 12.4. The van der Waals surface area contributed by atoms with Gasteiger partial charge in [0.15, 0.2) is 6.04 Å². The Labute approximate surface area is 145 Å². The highest BCUT2D eigenvalue weighted by atomic mass is 79.9. The molecule has 8 heteroatoms. The van der Waals surface area contributed by atoms with E-state index in [1.807, 2.05) is 0 Å². The molecule has 0 aromatic heterocycles. The number of rotatable bonds is 6. The Hall–Kier alpha value is -1.15. The number of ether oxygens (including phenoxy) is 1. The predicted molar refractivity (Wildman–Crippen MR) is 88.0 cm³/mol. The fourth-order valence-corrected chi connectivity index (χ4v) is 1.89. The first-order valence-corrected chi connectivity index (χ1v) is 8.45. The van der Waals surface area contributed by atoms with Crippen molar-refractivity contribution in [2.24, 2.45) is 0 Å². The van der Waals surface area contributed by atoms with Crippen molar-refractivity contribution in [2.75, 3.05) is 5.33 Å². The summed E-state index contributed by atoms with van der Waals surface area (Å²) >= 11 is 3.21. The first-order valence-electron chi connectivity index (χ1n) is 7.33. The van der Waals surface area contributed by atoms with Crippen LogP contribution in [0, 0.1) is 0 Å². The van der Waals surface area contributed by atoms with Crippen LogP contribution < -0.4 is 0 Å². The van der Waals surface area contributed by atoms with Crippen LogP contribution in [0.25, 0.3) is 0 Å². The predicted octanol–water partition coefficient (Wildman–Crippen LogP) is 2.52. The van der Waals surface area contributed by atoms with Crippen LogP contribution in [0.2, 0.25) is 0 Å². The zero-order valence-electron chi connectivity index (χ0n) is 14.5. The number of carbonyl (C=O) groups is 3. The maximum Gasteiger partial charge on any atom is 0.399 e. The van der Waals surface area contributed by atoms with Crippen LogP contribution >= 0.6 is 15.9 Å². The summed E-state index contributed by atoms with van der Waals surface area (Å²) in [6.45, 7) is 9.83. The molecule has 0 rings (SSSR count). The lowest BCUT2D eigenvalue weighted by atomic mass is 10.1. The molecule has 0 fully saturated rings.